The van der Waals surface area contributed by atoms with Crippen LogP contribution in [0.25, 0.3) is 0 Å². The normalized spacial score (nSPS) is 23.8. The van der Waals surface area contributed by atoms with Gasteiger partial charge in [0.25, 0.3) is 0 Å². The van der Waals surface area contributed by atoms with Gasteiger partial charge in [0.1, 0.15) is 11.8 Å². The van der Waals surface area contributed by atoms with Gasteiger partial charge in [-0.15, -0.1) is 0 Å². The number of carbonyl (C=O) groups excluding carboxylic acids is 1. The molecular weight excluding hydrogens is 238 g/mol. The molecule has 2 atom stereocenters. The summed E-state index contributed by atoms with van der Waals surface area (Å²) < 4.78 is 9.65. The maximum absolute atomic E-state index is 11.3. The highest BCUT2D eigenvalue weighted by atomic mass is 16.5. The van der Waals surface area contributed by atoms with Gasteiger partial charge in [0.05, 0.1) is 19.6 Å². The van der Waals surface area contributed by atoms with Gasteiger partial charge >= 0.3 is 12.1 Å². The van der Waals surface area contributed by atoms with Crippen molar-refractivity contribution in [3.05, 3.63) is 24.0 Å². The topological polar surface area (TPSA) is 84.9 Å². The zero-order valence-corrected chi connectivity index (χ0v) is 10.6. The highest BCUT2D eigenvalue weighted by molar-refractivity contribution is 5.81. The Balaban J connectivity index is 3.04. The van der Waals surface area contributed by atoms with E-state index in [0.717, 1.165) is 0 Å². The lowest BCUT2D eigenvalue weighted by molar-refractivity contribution is -0.142. The quantitative estimate of drug-likeness (QED) is 0.790. The van der Waals surface area contributed by atoms with Crippen molar-refractivity contribution >= 4 is 12.1 Å². The van der Waals surface area contributed by atoms with Crippen molar-refractivity contribution in [3.8, 4) is 0 Å². The third-order valence-corrected chi connectivity index (χ3v) is 3.04. The third-order valence-electron chi connectivity index (χ3n) is 3.04. The SMILES string of the molecule is COC(=O)N[C@@H](C(=O)O)C1(C)CC=CC=C1OC. The molecule has 0 bridgehead atoms. The number of hydrogen-bond donors (Lipinski definition) is 2. The summed E-state index contributed by atoms with van der Waals surface area (Å²) >= 11 is 0. The molecule has 0 aromatic carbocycles. The van der Waals surface area contributed by atoms with Crippen molar-refractivity contribution in [2.45, 2.75) is 19.4 Å². The van der Waals surface area contributed by atoms with Crippen LogP contribution in [0.2, 0.25) is 0 Å². The van der Waals surface area contributed by atoms with Gasteiger partial charge in [-0.2, -0.15) is 0 Å². The summed E-state index contributed by atoms with van der Waals surface area (Å²) in [5, 5.41) is 11.6. The lowest BCUT2D eigenvalue weighted by Crippen LogP contribution is -2.52. The molecule has 1 rings (SSSR count). The molecule has 0 saturated carbocycles. The number of alkyl carbamates (subject to hydrolysis) is 1. The molecule has 0 aromatic rings. The summed E-state index contributed by atoms with van der Waals surface area (Å²) in [5.74, 6) is -0.630. The van der Waals surface area contributed by atoms with Crippen molar-refractivity contribution in [3.63, 3.8) is 0 Å². The number of nitrogens with one attached hydrogen (secondary N) is 1. The van der Waals surface area contributed by atoms with Gasteiger partial charge in [-0.3, -0.25) is 0 Å². The summed E-state index contributed by atoms with van der Waals surface area (Å²) in [6, 6.07) is -1.12. The lowest BCUT2D eigenvalue weighted by atomic mass is 9.75. The Kier molecular flexibility index (Phi) is 4.36. The Bertz CT molecular complexity index is 401. The molecule has 0 heterocycles. The maximum atomic E-state index is 11.3. The van der Waals surface area contributed by atoms with Crippen molar-refractivity contribution < 1.29 is 24.2 Å². The van der Waals surface area contributed by atoms with E-state index in [2.05, 4.69) is 10.1 Å². The van der Waals surface area contributed by atoms with Gasteiger partial charge in [-0.1, -0.05) is 12.2 Å². The highest BCUT2D eigenvalue weighted by Crippen LogP contribution is 2.38. The number of carboxylic acid groups (broad SMARTS) is 1. The number of carbonyl (C=O) groups is 2. The molecule has 0 radical (unpaired) electrons. The number of methoxy groups -OCH3 is 2. The first-order valence-electron chi connectivity index (χ1n) is 5.44. The first-order chi connectivity index (χ1) is 8.45. The molecule has 1 aliphatic rings. The van der Waals surface area contributed by atoms with E-state index in [0.29, 0.717) is 12.2 Å². The molecule has 0 aliphatic heterocycles. The van der Waals surface area contributed by atoms with Crippen LogP contribution in [-0.4, -0.2) is 37.4 Å². The van der Waals surface area contributed by atoms with Crippen LogP contribution in [0.5, 0.6) is 0 Å². The Hall–Kier alpha value is -1.98. The predicted molar refractivity (Wildman–Crippen MR) is 63.9 cm³/mol. The van der Waals surface area contributed by atoms with E-state index in [1.165, 1.54) is 14.2 Å². The number of hydrogen-bond acceptors (Lipinski definition) is 4. The second-order valence-electron chi connectivity index (χ2n) is 4.19. The highest BCUT2D eigenvalue weighted by Gasteiger charge is 2.44. The summed E-state index contributed by atoms with van der Waals surface area (Å²) in [6.07, 6.45) is 4.98. The van der Waals surface area contributed by atoms with Crippen molar-refractivity contribution in [1.82, 2.24) is 5.32 Å². The van der Waals surface area contributed by atoms with Crippen LogP contribution < -0.4 is 5.32 Å². The van der Waals surface area contributed by atoms with Crippen LogP contribution in [0.15, 0.2) is 24.0 Å². The first kappa shape index (κ1) is 14.1. The molecule has 1 aliphatic carbocycles. The number of ether oxygens (including phenoxy) is 2. The van der Waals surface area contributed by atoms with Crippen LogP contribution in [0.1, 0.15) is 13.3 Å². The first-order valence-corrected chi connectivity index (χ1v) is 5.44. The minimum absolute atomic E-state index is 0.452. The Morgan fingerprint density at radius 3 is 2.67 bits per heavy atom. The molecule has 100 valence electrons. The van der Waals surface area contributed by atoms with Crippen LogP contribution in [0, 0.1) is 5.41 Å². The van der Waals surface area contributed by atoms with Crippen LogP contribution in [0.4, 0.5) is 4.79 Å². The molecule has 0 saturated heterocycles. The summed E-state index contributed by atoms with van der Waals surface area (Å²) in [5.41, 5.74) is -0.844. The number of rotatable bonds is 4. The average molecular weight is 255 g/mol. The van der Waals surface area contributed by atoms with Gasteiger partial charge in [0.15, 0.2) is 0 Å². The second-order valence-corrected chi connectivity index (χ2v) is 4.19. The zero-order chi connectivity index (χ0) is 13.8. The van der Waals surface area contributed by atoms with Gasteiger partial charge in [-0.25, -0.2) is 9.59 Å². The molecule has 1 amide bonds. The molecule has 6 nitrogen and oxygen atoms in total. The molecule has 0 fully saturated rings. The van der Waals surface area contributed by atoms with E-state index in [1.54, 1.807) is 19.1 Å². The summed E-state index contributed by atoms with van der Waals surface area (Å²) in [4.78, 5) is 22.6. The summed E-state index contributed by atoms with van der Waals surface area (Å²) in [7, 11) is 2.66. The maximum Gasteiger partial charge on any atom is 0.407 e. The van der Waals surface area contributed by atoms with Gasteiger partial charge in [0, 0.05) is 0 Å². The standard InChI is InChI=1S/C12H17NO5/c1-12(7-5-4-6-8(12)17-2)9(10(14)15)13-11(16)18-3/h4-6,9H,7H2,1-3H3,(H,13,16)(H,14,15)/t9-,12?/m0/s1. The van der Waals surface area contributed by atoms with Crippen LogP contribution in [-0.2, 0) is 14.3 Å². The Morgan fingerprint density at radius 2 is 2.17 bits per heavy atom. The van der Waals surface area contributed by atoms with Gasteiger partial charge in [0.2, 0.25) is 0 Å². The molecule has 18 heavy (non-hydrogen) atoms. The van der Waals surface area contributed by atoms with Crippen molar-refractivity contribution in [1.29, 1.82) is 0 Å². The third kappa shape index (κ3) is 2.64. The second kappa shape index (κ2) is 5.57. The zero-order valence-electron chi connectivity index (χ0n) is 10.6. The molecule has 0 spiro atoms. The number of aliphatic carboxylic acids is 1. The fourth-order valence-electron chi connectivity index (χ4n) is 1.99. The molecule has 1 unspecified atom stereocenters. The van der Waals surface area contributed by atoms with Gasteiger partial charge in [-0.05, 0) is 19.4 Å². The monoisotopic (exact) mass is 255 g/mol. The molecular formula is C12H17NO5. The average Bonchev–Trinajstić information content (AvgIpc) is 2.35. The Labute approximate surface area is 105 Å². The van der Waals surface area contributed by atoms with Crippen LogP contribution >= 0.6 is 0 Å². The van der Waals surface area contributed by atoms with E-state index in [1.807, 2.05) is 6.08 Å². The van der Waals surface area contributed by atoms with Crippen LogP contribution in [0.3, 0.4) is 0 Å². The van der Waals surface area contributed by atoms with Crippen molar-refractivity contribution in [2.75, 3.05) is 14.2 Å². The minimum atomic E-state index is -1.14. The minimum Gasteiger partial charge on any atom is -0.500 e. The fourth-order valence-corrected chi connectivity index (χ4v) is 1.99. The number of carboxylic acids is 1. The summed E-state index contributed by atoms with van der Waals surface area (Å²) in [6.45, 7) is 1.72. The van der Waals surface area contributed by atoms with E-state index in [-0.39, 0.29) is 0 Å². The van der Waals surface area contributed by atoms with Crippen molar-refractivity contribution in [2.24, 2.45) is 5.41 Å². The molecule has 2 N–H and O–H groups in total. The lowest BCUT2D eigenvalue weighted by Gasteiger charge is -2.36. The van der Waals surface area contributed by atoms with E-state index >= 15 is 0 Å². The van der Waals surface area contributed by atoms with E-state index in [4.69, 9.17) is 4.74 Å². The predicted octanol–water partition coefficient (Wildman–Crippen LogP) is 1.29. The number of amides is 1. The molecule has 0 aromatic heterocycles. The number of allylic oxidation sites excluding steroid dienone is 3. The fraction of sp³-hybridized carbons (Fsp3) is 0.500. The molecule has 6 heteroatoms. The largest absolute Gasteiger partial charge is 0.500 e. The smallest absolute Gasteiger partial charge is 0.407 e. The van der Waals surface area contributed by atoms with Gasteiger partial charge < -0.3 is 19.9 Å². The van der Waals surface area contributed by atoms with E-state index < -0.39 is 23.5 Å². The Morgan fingerprint density at radius 1 is 1.50 bits per heavy atom. The van der Waals surface area contributed by atoms with E-state index in [9.17, 15) is 14.7 Å².